The van der Waals surface area contributed by atoms with Gasteiger partial charge in [0, 0.05) is 13.1 Å². The number of aliphatic hydroxyl groups is 1. The van der Waals surface area contributed by atoms with E-state index in [1.807, 2.05) is 0 Å². The van der Waals surface area contributed by atoms with Crippen LogP contribution in [0.4, 0.5) is 0 Å². The van der Waals surface area contributed by atoms with Crippen LogP contribution in [0.2, 0.25) is 0 Å². The van der Waals surface area contributed by atoms with Gasteiger partial charge in [0.25, 0.3) is 10.0 Å². The Morgan fingerprint density at radius 3 is 2.65 bits per heavy atom. The summed E-state index contributed by atoms with van der Waals surface area (Å²) < 4.78 is 29.7. The Kier molecular flexibility index (Phi) is 2.94. The predicted octanol–water partition coefficient (Wildman–Crippen LogP) is -0.267. The number of carboxylic acids is 1. The molecule has 0 bridgehead atoms. The van der Waals surface area contributed by atoms with E-state index in [4.69, 9.17) is 9.52 Å². The lowest BCUT2D eigenvalue weighted by Gasteiger charge is -2.12. The van der Waals surface area contributed by atoms with Crippen molar-refractivity contribution in [1.29, 1.82) is 0 Å². The van der Waals surface area contributed by atoms with Gasteiger partial charge in [-0.15, -0.1) is 0 Å². The number of rotatable bonds is 3. The molecule has 1 aromatic heterocycles. The highest BCUT2D eigenvalue weighted by Gasteiger charge is 2.34. The maximum Gasteiger partial charge on any atom is 0.371 e. The Morgan fingerprint density at radius 2 is 2.18 bits per heavy atom. The van der Waals surface area contributed by atoms with Crippen molar-refractivity contribution in [3.05, 3.63) is 17.9 Å². The molecule has 2 rings (SSSR count). The van der Waals surface area contributed by atoms with Gasteiger partial charge in [-0.05, 0) is 18.6 Å². The minimum absolute atomic E-state index is 0.00539. The Morgan fingerprint density at radius 1 is 1.47 bits per heavy atom. The number of hydrogen-bond donors (Lipinski definition) is 2. The third-order valence-electron chi connectivity index (χ3n) is 2.51. The zero-order valence-corrected chi connectivity index (χ0v) is 9.55. The molecule has 8 heteroatoms. The Bertz CT molecular complexity index is 533. The van der Waals surface area contributed by atoms with Crippen molar-refractivity contribution in [1.82, 2.24) is 4.31 Å². The van der Waals surface area contributed by atoms with Gasteiger partial charge in [0.1, 0.15) is 0 Å². The van der Waals surface area contributed by atoms with Crippen LogP contribution in [0.1, 0.15) is 17.0 Å². The Balaban J connectivity index is 2.28. The maximum absolute atomic E-state index is 11.9. The molecule has 2 N–H and O–H groups in total. The summed E-state index contributed by atoms with van der Waals surface area (Å²) in [4.78, 5) is 10.6. The molecule has 17 heavy (non-hydrogen) atoms. The lowest BCUT2D eigenvalue weighted by molar-refractivity contribution is 0.0656. The van der Waals surface area contributed by atoms with Crippen LogP contribution in [-0.4, -0.2) is 48.1 Å². The molecule has 0 radical (unpaired) electrons. The lowest BCUT2D eigenvalue weighted by Crippen LogP contribution is -2.29. The Labute approximate surface area is 97.3 Å². The number of aromatic carboxylic acids is 1. The van der Waals surface area contributed by atoms with Gasteiger partial charge in [-0.1, -0.05) is 0 Å². The zero-order valence-electron chi connectivity index (χ0n) is 8.74. The van der Waals surface area contributed by atoms with Gasteiger partial charge >= 0.3 is 5.97 Å². The molecule has 1 unspecified atom stereocenters. The number of carboxylic acid groups (broad SMARTS) is 1. The van der Waals surface area contributed by atoms with E-state index in [-0.39, 0.29) is 13.1 Å². The van der Waals surface area contributed by atoms with Crippen molar-refractivity contribution < 1.29 is 27.8 Å². The first-order chi connectivity index (χ1) is 7.91. The fraction of sp³-hybridized carbons (Fsp3) is 0.444. The summed E-state index contributed by atoms with van der Waals surface area (Å²) in [7, 11) is -3.84. The highest BCUT2D eigenvalue weighted by atomic mass is 32.2. The first kappa shape index (κ1) is 12.1. The van der Waals surface area contributed by atoms with Crippen molar-refractivity contribution in [2.75, 3.05) is 13.1 Å². The average molecular weight is 261 g/mol. The number of aliphatic hydroxyl groups excluding tert-OH is 1. The number of sulfonamides is 1. The van der Waals surface area contributed by atoms with E-state index in [1.54, 1.807) is 0 Å². The van der Waals surface area contributed by atoms with Gasteiger partial charge in [-0.2, -0.15) is 4.31 Å². The van der Waals surface area contributed by atoms with Crippen molar-refractivity contribution >= 4 is 16.0 Å². The van der Waals surface area contributed by atoms with Crippen LogP contribution in [0.5, 0.6) is 0 Å². The van der Waals surface area contributed by atoms with E-state index in [1.165, 1.54) is 0 Å². The molecular weight excluding hydrogens is 250 g/mol. The third kappa shape index (κ3) is 2.19. The second-order valence-corrected chi connectivity index (χ2v) is 5.60. The van der Waals surface area contributed by atoms with Gasteiger partial charge in [-0.25, -0.2) is 13.2 Å². The predicted molar refractivity (Wildman–Crippen MR) is 55.0 cm³/mol. The average Bonchev–Trinajstić information content (AvgIpc) is 2.85. The fourth-order valence-electron chi connectivity index (χ4n) is 1.63. The van der Waals surface area contributed by atoms with Crippen LogP contribution in [0, 0.1) is 0 Å². The smallest absolute Gasteiger partial charge is 0.371 e. The van der Waals surface area contributed by atoms with Crippen LogP contribution in [0.15, 0.2) is 21.6 Å². The molecule has 0 aliphatic carbocycles. The molecule has 2 heterocycles. The summed E-state index contributed by atoms with van der Waals surface area (Å²) in [6.45, 7) is 0.206. The van der Waals surface area contributed by atoms with Gasteiger partial charge in [0.05, 0.1) is 6.10 Å². The van der Waals surface area contributed by atoms with Crippen LogP contribution in [0.25, 0.3) is 0 Å². The molecule has 0 amide bonds. The van der Waals surface area contributed by atoms with Gasteiger partial charge in [0.2, 0.25) is 10.9 Å². The standard InChI is InChI=1S/C9H11NO6S/c11-6-3-4-10(5-6)17(14,15)8-2-1-7(16-8)9(12)13/h1-2,6,11H,3-5H2,(H,12,13). The molecular formula is C9H11NO6S. The molecule has 1 aromatic rings. The molecule has 1 saturated heterocycles. The highest BCUT2D eigenvalue weighted by molar-refractivity contribution is 7.89. The summed E-state index contributed by atoms with van der Waals surface area (Å²) in [5, 5.41) is 17.5. The summed E-state index contributed by atoms with van der Waals surface area (Å²) in [6.07, 6.45) is -0.315. The second kappa shape index (κ2) is 4.13. The van der Waals surface area contributed by atoms with E-state index >= 15 is 0 Å². The van der Waals surface area contributed by atoms with Crippen molar-refractivity contribution in [2.45, 2.75) is 17.6 Å². The second-order valence-electron chi connectivity index (χ2n) is 3.73. The van der Waals surface area contributed by atoms with Crippen LogP contribution in [0.3, 0.4) is 0 Å². The molecule has 0 saturated carbocycles. The molecule has 1 atom stereocenters. The summed E-state index contributed by atoms with van der Waals surface area (Å²) in [6, 6.07) is 2.19. The van der Waals surface area contributed by atoms with Crippen molar-refractivity contribution in [3.8, 4) is 0 Å². The van der Waals surface area contributed by atoms with E-state index < -0.39 is 32.9 Å². The van der Waals surface area contributed by atoms with E-state index in [2.05, 4.69) is 0 Å². The molecule has 0 spiro atoms. The maximum atomic E-state index is 11.9. The van der Waals surface area contributed by atoms with Crippen LogP contribution >= 0.6 is 0 Å². The SMILES string of the molecule is O=C(O)c1ccc(S(=O)(=O)N2CCC(O)C2)o1. The minimum Gasteiger partial charge on any atom is -0.475 e. The Hall–Kier alpha value is -1.38. The van der Waals surface area contributed by atoms with Gasteiger partial charge < -0.3 is 14.6 Å². The summed E-state index contributed by atoms with van der Waals surface area (Å²) in [5.74, 6) is -1.75. The van der Waals surface area contributed by atoms with E-state index in [0.29, 0.717) is 6.42 Å². The first-order valence-corrected chi connectivity index (χ1v) is 6.36. The molecule has 1 fully saturated rings. The monoisotopic (exact) mass is 261 g/mol. The van der Waals surface area contributed by atoms with Crippen LogP contribution in [-0.2, 0) is 10.0 Å². The first-order valence-electron chi connectivity index (χ1n) is 4.92. The highest BCUT2D eigenvalue weighted by Crippen LogP contribution is 2.22. The zero-order chi connectivity index (χ0) is 12.6. The molecule has 94 valence electrons. The molecule has 7 nitrogen and oxygen atoms in total. The summed E-state index contributed by atoms with van der Waals surface area (Å²) in [5.41, 5.74) is 0. The lowest BCUT2D eigenvalue weighted by atomic mass is 10.3. The summed E-state index contributed by atoms with van der Waals surface area (Å²) >= 11 is 0. The largest absolute Gasteiger partial charge is 0.475 e. The number of hydrogen-bond acceptors (Lipinski definition) is 5. The molecule has 0 aromatic carbocycles. The minimum atomic E-state index is -3.84. The number of furan rings is 1. The number of β-amino-alcohol motifs (C(OH)–C–C–N with tert-alkyl or cyclic N) is 1. The third-order valence-corrected chi connectivity index (χ3v) is 4.25. The van der Waals surface area contributed by atoms with E-state index in [0.717, 1.165) is 16.4 Å². The topological polar surface area (TPSA) is 108 Å². The van der Waals surface area contributed by atoms with Crippen molar-refractivity contribution in [2.24, 2.45) is 0 Å². The molecule has 1 aliphatic heterocycles. The van der Waals surface area contributed by atoms with Crippen molar-refractivity contribution in [3.63, 3.8) is 0 Å². The number of nitrogens with zero attached hydrogens (tertiary/aromatic N) is 1. The van der Waals surface area contributed by atoms with Gasteiger partial charge in [0.15, 0.2) is 0 Å². The number of carbonyl (C=O) groups is 1. The quantitative estimate of drug-likeness (QED) is 0.775. The van der Waals surface area contributed by atoms with E-state index in [9.17, 15) is 18.3 Å². The van der Waals surface area contributed by atoms with Gasteiger partial charge in [-0.3, -0.25) is 0 Å². The molecule has 1 aliphatic rings. The normalized spacial score (nSPS) is 21.8. The van der Waals surface area contributed by atoms with Crippen LogP contribution < -0.4 is 0 Å². The fourth-order valence-corrected chi connectivity index (χ4v) is 3.03.